The Morgan fingerprint density at radius 3 is 2.68 bits per heavy atom. The first-order chi connectivity index (χ1) is 11.8. The molecule has 1 amide bonds. The molecule has 1 heterocycles. The van der Waals surface area contributed by atoms with Gasteiger partial charge in [0.1, 0.15) is 18.5 Å². The van der Waals surface area contributed by atoms with Gasteiger partial charge in [-0.1, -0.05) is 12.1 Å². The molecular formula is C17H26N2O5S. The zero-order valence-electron chi connectivity index (χ0n) is 14.6. The van der Waals surface area contributed by atoms with Crippen LogP contribution in [0.4, 0.5) is 0 Å². The zero-order chi connectivity index (χ0) is 18.4. The molecule has 25 heavy (non-hydrogen) atoms. The van der Waals surface area contributed by atoms with E-state index in [0.717, 1.165) is 5.56 Å². The highest BCUT2D eigenvalue weighted by Gasteiger charge is 2.28. The molecule has 7 nitrogen and oxygen atoms in total. The molecule has 1 aliphatic heterocycles. The molecule has 1 unspecified atom stereocenters. The van der Waals surface area contributed by atoms with Gasteiger partial charge in [-0.3, -0.25) is 4.79 Å². The van der Waals surface area contributed by atoms with Gasteiger partial charge in [0.25, 0.3) is 0 Å². The van der Waals surface area contributed by atoms with Crippen LogP contribution >= 0.6 is 0 Å². The number of rotatable bonds is 7. The number of amides is 1. The van der Waals surface area contributed by atoms with Crippen molar-refractivity contribution in [1.82, 2.24) is 9.62 Å². The summed E-state index contributed by atoms with van der Waals surface area (Å²) in [5.74, 6) is 0.309. The molecule has 0 radical (unpaired) electrons. The van der Waals surface area contributed by atoms with E-state index >= 15 is 0 Å². The van der Waals surface area contributed by atoms with Gasteiger partial charge in [0.2, 0.25) is 15.9 Å². The van der Waals surface area contributed by atoms with Crippen molar-refractivity contribution < 1.29 is 23.1 Å². The Bertz CT molecular complexity index is 684. The van der Waals surface area contributed by atoms with Crippen molar-refractivity contribution in [2.24, 2.45) is 5.92 Å². The predicted octanol–water partition coefficient (Wildman–Crippen LogP) is 0.523. The maximum absolute atomic E-state index is 12.1. The Labute approximate surface area is 149 Å². The standard InChI is InChI=1S/C17H26N2O5S/c1-13-4-3-5-16(10-13)24-12-15(20)11-18-17(21)14-6-8-19(9-7-14)25(2,22)23/h3-5,10,14-15,20H,6-9,11-12H2,1-2H3,(H,18,21). The Morgan fingerprint density at radius 2 is 2.08 bits per heavy atom. The monoisotopic (exact) mass is 370 g/mol. The number of benzene rings is 1. The van der Waals surface area contributed by atoms with E-state index in [1.165, 1.54) is 10.6 Å². The Morgan fingerprint density at radius 1 is 1.40 bits per heavy atom. The fraction of sp³-hybridized carbons (Fsp3) is 0.588. The smallest absolute Gasteiger partial charge is 0.223 e. The van der Waals surface area contributed by atoms with Crippen LogP contribution in [0.3, 0.4) is 0 Å². The van der Waals surface area contributed by atoms with Crippen molar-refractivity contribution in [1.29, 1.82) is 0 Å². The summed E-state index contributed by atoms with van der Waals surface area (Å²) in [7, 11) is -3.19. The van der Waals surface area contributed by atoms with E-state index in [1.54, 1.807) is 0 Å². The maximum Gasteiger partial charge on any atom is 0.223 e. The van der Waals surface area contributed by atoms with Crippen LogP contribution in [0.2, 0.25) is 0 Å². The number of hydrogen-bond acceptors (Lipinski definition) is 5. The van der Waals surface area contributed by atoms with E-state index in [4.69, 9.17) is 4.74 Å². The van der Waals surface area contributed by atoms with Gasteiger partial charge in [-0.15, -0.1) is 0 Å². The first-order valence-corrected chi connectivity index (χ1v) is 10.2. The molecular weight excluding hydrogens is 344 g/mol. The molecule has 1 aromatic rings. The number of carbonyl (C=O) groups excluding carboxylic acids is 1. The Balaban J connectivity index is 1.69. The molecule has 1 atom stereocenters. The van der Waals surface area contributed by atoms with Crippen LogP contribution in [0.5, 0.6) is 5.75 Å². The number of sulfonamides is 1. The summed E-state index contributed by atoms with van der Waals surface area (Å²) in [5, 5.41) is 12.7. The highest BCUT2D eigenvalue weighted by atomic mass is 32.2. The summed E-state index contributed by atoms with van der Waals surface area (Å²) in [5.41, 5.74) is 1.07. The molecule has 0 spiro atoms. The number of aliphatic hydroxyl groups is 1. The van der Waals surface area contributed by atoms with E-state index < -0.39 is 16.1 Å². The zero-order valence-corrected chi connectivity index (χ0v) is 15.5. The summed E-state index contributed by atoms with van der Waals surface area (Å²) < 4.78 is 29.8. The third kappa shape index (κ3) is 6.30. The van der Waals surface area contributed by atoms with Crippen molar-refractivity contribution in [2.75, 3.05) is 32.5 Å². The third-order valence-corrected chi connectivity index (χ3v) is 5.54. The molecule has 0 aromatic heterocycles. The summed E-state index contributed by atoms with van der Waals surface area (Å²) in [6.07, 6.45) is 1.36. The Kier molecular flexibility index (Phi) is 6.80. The second-order valence-corrected chi connectivity index (χ2v) is 8.45. The van der Waals surface area contributed by atoms with Gasteiger partial charge in [0.15, 0.2) is 0 Å². The minimum Gasteiger partial charge on any atom is -0.491 e. The first kappa shape index (κ1) is 19.7. The summed E-state index contributed by atoms with van der Waals surface area (Å²) >= 11 is 0. The molecule has 2 rings (SSSR count). The number of ether oxygens (including phenoxy) is 1. The largest absolute Gasteiger partial charge is 0.491 e. The van der Waals surface area contributed by atoms with Gasteiger partial charge in [-0.05, 0) is 37.5 Å². The number of nitrogens with zero attached hydrogens (tertiary/aromatic N) is 1. The number of aryl methyl sites for hydroxylation is 1. The van der Waals surface area contributed by atoms with Gasteiger partial charge >= 0.3 is 0 Å². The highest BCUT2D eigenvalue weighted by molar-refractivity contribution is 7.88. The van der Waals surface area contributed by atoms with Crippen LogP contribution in [0.1, 0.15) is 18.4 Å². The van der Waals surface area contributed by atoms with Crippen molar-refractivity contribution in [2.45, 2.75) is 25.9 Å². The predicted molar refractivity (Wildman–Crippen MR) is 94.8 cm³/mol. The van der Waals surface area contributed by atoms with Crippen molar-refractivity contribution >= 4 is 15.9 Å². The van der Waals surface area contributed by atoms with Crippen LogP contribution in [0.15, 0.2) is 24.3 Å². The molecule has 1 fully saturated rings. The fourth-order valence-electron chi connectivity index (χ4n) is 2.77. The van der Waals surface area contributed by atoms with Crippen LogP contribution in [-0.2, 0) is 14.8 Å². The van der Waals surface area contributed by atoms with Crippen LogP contribution in [0, 0.1) is 12.8 Å². The maximum atomic E-state index is 12.1. The number of nitrogens with one attached hydrogen (secondary N) is 1. The van der Waals surface area contributed by atoms with Crippen molar-refractivity contribution in [3.05, 3.63) is 29.8 Å². The number of piperidine rings is 1. The van der Waals surface area contributed by atoms with Gasteiger partial charge in [-0.25, -0.2) is 12.7 Å². The van der Waals surface area contributed by atoms with Crippen LogP contribution in [0.25, 0.3) is 0 Å². The van der Waals surface area contributed by atoms with Crippen molar-refractivity contribution in [3.63, 3.8) is 0 Å². The average Bonchev–Trinajstić information content (AvgIpc) is 2.57. The summed E-state index contributed by atoms with van der Waals surface area (Å²) in [6, 6.07) is 7.52. The minimum absolute atomic E-state index is 0.0935. The van der Waals surface area contributed by atoms with E-state index in [1.807, 2.05) is 31.2 Å². The van der Waals surface area contributed by atoms with Gasteiger partial charge in [0.05, 0.1) is 6.26 Å². The number of hydrogen-bond donors (Lipinski definition) is 2. The first-order valence-electron chi connectivity index (χ1n) is 8.36. The molecule has 0 aliphatic carbocycles. The summed E-state index contributed by atoms with van der Waals surface area (Å²) in [6.45, 7) is 2.87. The lowest BCUT2D eigenvalue weighted by Crippen LogP contribution is -2.44. The van der Waals surface area contributed by atoms with E-state index in [0.29, 0.717) is 31.7 Å². The minimum atomic E-state index is -3.19. The fourth-order valence-corrected chi connectivity index (χ4v) is 3.64. The average molecular weight is 370 g/mol. The molecule has 8 heteroatoms. The van der Waals surface area contributed by atoms with E-state index in [-0.39, 0.29) is 25.0 Å². The van der Waals surface area contributed by atoms with Crippen LogP contribution in [-0.4, -0.2) is 62.3 Å². The highest BCUT2D eigenvalue weighted by Crippen LogP contribution is 2.19. The lowest BCUT2D eigenvalue weighted by molar-refractivity contribution is -0.126. The topological polar surface area (TPSA) is 95.9 Å². The molecule has 1 aromatic carbocycles. The lowest BCUT2D eigenvalue weighted by Gasteiger charge is -2.29. The number of carbonyl (C=O) groups is 1. The molecule has 1 aliphatic rings. The van der Waals surface area contributed by atoms with Gasteiger partial charge < -0.3 is 15.2 Å². The van der Waals surface area contributed by atoms with E-state index in [9.17, 15) is 18.3 Å². The van der Waals surface area contributed by atoms with Gasteiger partial charge in [-0.2, -0.15) is 0 Å². The van der Waals surface area contributed by atoms with E-state index in [2.05, 4.69) is 5.32 Å². The molecule has 2 N–H and O–H groups in total. The number of aliphatic hydroxyl groups excluding tert-OH is 1. The summed E-state index contributed by atoms with van der Waals surface area (Å²) in [4.78, 5) is 12.1. The quantitative estimate of drug-likeness (QED) is 0.730. The molecule has 0 saturated carbocycles. The second-order valence-electron chi connectivity index (χ2n) is 6.46. The Hall–Kier alpha value is -1.64. The van der Waals surface area contributed by atoms with Gasteiger partial charge in [0, 0.05) is 25.6 Å². The normalized spacial score (nSPS) is 17.9. The lowest BCUT2D eigenvalue weighted by atomic mass is 9.97. The molecule has 0 bridgehead atoms. The SMILES string of the molecule is Cc1cccc(OCC(O)CNC(=O)C2CCN(S(C)(=O)=O)CC2)c1. The molecule has 1 saturated heterocycles. The second kappa shape index (κ2) is 8.64. The van der Waals surface area contributed by atoms with Crippen LogP contribution < -0.4 is 10.1 Å². The third-order valence-electron chi connectivity index (χ3n) is 4.24. The molecule has 140 valence electrons. The van der Waals surface area contributed by atoms with Crippen molar-refractivity contribution in [3.8, 4) is 5.75 Å².